The highest BCUT2D eigenvalue weighted by Gasteiger charge is 2.34. The normalized spacial score (nSPS) is 24.7. The summed E-state index contributed by atoms with van der Waals surface area (Å²) in [5, 5.41) is 0. The predicted molar refractivity (Wildman–Crippen MR) is 66.1 cm³/mol. The molecule has 1 aromatic rings. The predicted octanol–water partition coefficient (Wildman–Crippen LogP) is 3.31. The number of allylic oxidation sites excluding steroid dienone is 4. The molecule has 0 heterocycles. The molecule has 16 heavy (non-hydrogen) atoms. The monoisotopic (exact) mass is 212 g/mol. The summed E-state index contributed by atoms with van der Waals surface area (Å²) < 4.78 is 0. The highest BCUT2D eigenvalue weighted by molar-refractivity contribution is 5.78. The Bertz CT molecular complexity index is 414. The van der Waals surface area contributed by atoms with Crippen LogP contribution < -0.4 is 0 Å². The van der Waals surface area contributed by atoms with Crippen LogP contribution in [0.3, 0.4) is 0 Å². The lowest BCUT2D eigenvalue weighted by molar-refractivity contribution is -0.104. The summed E-state index contributed by atoms with van der Waals surface area (Å²) in [5.74, 6) is 1.48. The fraction of sp³-hybridized carbons (Fsp3) is 0.267. The lowest BCUT2D eigenvalue weighted by atomic mass is 10.1. The third-order valence-corrected chi connectivity index (χ3v) is 2.91. The second-order valence-corrected chi connectivity index (χ2v) is 4.36. The number of rotatable bonds is 1. The van der Waals surface area contributed by atoms with Crippen molar-refractivity contribution in [2.45, 2.75) is 13.3 Å². The number of hydrogen-bond donors (Lipinski definition) is 0. The Labute approximate surface area is 96.5 Å². The summed E-state index contributed by atoms with van der Waals surface area (Å²) >= 11 is 0. The maximum Gasteiger partial charge on any atom is 0.149 e. The summed E-state index contributed by atoms with van der Waals surface area (Å²) in [6.45, 7) is 2.08. The van der Waals surface area contributed by atoms with Crippen LogP contribution in [0, 0.1) is 18.8 Å². The third-order valence-electron chi connectivity index (χ3n) is 2.91. The quantitative estimate of drug-likeness (QED) is 0.653. The average Bonchev–Trinajstić information content (AvgIpc) is 3.08. The summed E-state index contributed by atoms with van der Waals surface area (Å²) in [7, 11) is 0. The minimum atomic E-state index is 0.704. The van der Waals surface area contributed by atoms with E-state index in [1.807, 2.05) is 24.3 Å². The summed E-state index contributed by atoms with van der Waals surface area (Å²) in [4.78, 5) is 10.2. The topological polar surface area (TPSA) is 17.1 Å². The van der Waals surface area contributed by atoms with E-state index in [0.717, 1.165) is 17.8 Å². The Hall–Kier alpha value is -1.63. The van der Waals surface area contributed by atoms with E-state index >= 15 is 0 Å². The molecule has 1 nitrogen and oxygen atoms in total. The van der Waals surface area contributed by atoms with Crippen LogP contribution in [-0.4, -0.2) is 6.29 Å². The standard InChI is InChI=1S/C8H8O.C7H8/c9-5-6-1-2-7-4-8(7)3-6;1-7-5-3-2-4-6-7/h1-3,5,7-8H,4H2;2-6H,1H3. The lowest BCUT2D eigenvalue weighted by Gasteiger charge is -1.95. The minimum absolute atomic E-state index is 0.704. The Morgan fingerprint density at radius 1 is 1.19 bits per heavy atom. The van der Waals surface area contributed by atoms with E-state index in [-0.39, 0.29) is 0 Å². The summed E-state index contributed by atoms with van der Waals surface area (Å²) in [5.41, 5.74) is 2.18. The second kappa shape index (κ2) is 4.93. The van der Waals surface area contributed by atoms with Gasteiger partial charge in [0.1, 0.15) is 6.29 Å². The van der Waals surface area contributed by atoms with Crippen molar-refractivity contribution < 1.29 is 4.79 Å². The molecule has 0 aromatic heterocycles. The van der Waals surface area contributed by atoms with Gasteiger partial charge in [-0.25, -0.2) is 0 Å². The molecule has 3 rings (SSSR count). The summed E-state index contributed by atoms with van der Waals surface area (Å²) in [6.07, 6.45) is 8.30. The second-order valence-electron chi connectivity index (χ2n) is 4.36. The number of aryl methyl sites for hydroxylation is 1. The van der Waals surface area contributed by atoms with Crippen LogP contribution in [0.15, 0.2) is 54.1 Å². The SMILES string of the molecule is Cc1ccccc1.O=CC1=CC2CC2C=C1. The average molecular weight is 212 g/mol. The van der Waals surface area contributed by atoms with Gasteiger partial charge in [-0.3, -0.25) is 4.79 Å². The molecule has 0 N–H and O–H groups in total. The molecule has 2 aliphatic rings. The fourth-order valence-electron chi connectivity index (χ4n) is 1.80. The van der Waals surface area contributed by atoms with Crippen molar-refractivity contribution in [2.24, 2.45) is 11.8 Å². The molecule has 2 aliphatic carbocycles. The number of fused-ring (bicyclic) bond motifs is 1. The molecule has 1 aromatic carbocycles. The van der Waals surface area contributed by atoms with Crippen molar-refractivity contribution in [2.75, 3.05) is 0 Å². The zero-order chi connectivity index (χ0) is 11.4. The number of carbonyl (C=O) groups excluding carboxylic acids is 1. The molecule has 1 fully saturated rings. The molecule has 0 spiro atoms. The lowest BCUT2D eigenvalue weighted by Crippen LogP contribution is -1.87. The van der Waals surface area contributed by atoms with E-state index in [4.69, 9.17) is 0 Å². The Morgan fingerprint density at radius 3 is 2.44 bits per heavy atom. The van der Waals surface area contributed by atoms with Gasteiger partial charge in [0.05, 0.1) is 0 Å². The van der Waals surface area contributed by atoms with Crippen LogP contribution >= 0.6 is 0 Å². The van der Waals surface area contributed by atoms with E-state index < -0.39 is 0 Å². The van der Waals surface area contributed by atoms with Crippen molar-refractivity contribution in [3.8, 4) is 0 Å². The fourth-order valence-corrected chi connectivity index (χ4v) is 1.80. The zero-order valence-corrected chi connectivity index (χ0v) is 9.47. The largest absolute Gasteiger partial charge is 0.298 e. The molecule has 0 bridgehead atoms. The van der Waals surface area contributed by atoms with Crippen molar-refractivity contribution in [1.82, 2.24) is 0 Å². The van der Waals surface area contributed by atoms with Crippen LogP contribution in [0.4, 0.5) is 0 Å². The van der Waals surface area contributed by atoms with Crippen LogP contribution in [0.2, 0.25) is 0 Å². The van der Waals surface area contributed by atoms with Crippen LogP contribution in [0.5, 0.6) is 0 Å². The smallest absolute Gasteiger partial charge is 0.149 e. The molecular formula is C15H16O. The first kappa shape index (κ1) is 10.9. The first-order valence-corrected chi connectivity index (χ1v) is 5.66. The molecule has 0 aliphatic heterocycles. The van der Waals surface area contributed by atoms with Gasteiger partial charge in [0.25, 0.3) is 0 Å². The van der Waals surface area contributed by atoms with E-state index in [9.17, 15) is 4.79 Å². The Balaban J connectivity index is 0.000000125. The number of hydrogen-bond acceptors (Lipinski definition) is 1. The zero-order valence-electron chi connectivity index (χ0n) is 9.47. The van der Waals surface area contributed by atoms with E-state index in [1.54, 1.807) is 0 Å². The van der Waals surface area contributed by atoms with Crippen molar-refractivity contribution in [1.29, 1.82) is 0 Å². The van der Waals surface area contributed by atoms with E-state index in [1.165, 1.54) is 12.0 Å². The van der Waals surface area contributed by atoms with Gasteiger partial charge < -0.3 is 0 Å². The van der Waals surface area contributed by atoms with Gasteiger partial charge >= 0.3 is 0 Å². The molecule has 2 unspecified atom stereocenters. The first-order valence-electron chi connectivity index (χ1n) is 5.66. The van der Waals surface area contributed by atoms with Gasteiger partial charge in [-0.1, -0.05) is 54.1 Å². The van der Waals surface area contributed by atoms with Gasteiger partial charge in [-0.05, 0) is 25.2 Å². The molecule has 1 heteroatoms. The van der Waals surface area contributed by atoms with Gasteiger partial charge in [-0.15, -0.1) is 0 Å². The van der Waals surface area contributed by atoms with Crippen LogP contribution in [0.1, 0.15) is 12.0 Å². The van der Waals surface area contributed by atoms with E-state index in [0.29, 0.717) is 5.92 Å². The highest BCUT2D eigenvalue weighted by Crippen LogP contribution is 2.43. The van der Waals surface area contributed by atoms with Gasteiger partial charge in [-0.2, -0.15) is 0 Å². The number of carbonyl (C=O) groups is 1. The number of benzene rings is 1. The molecule has 82 valence electrons. The summed E-state index contributed by atoms with van der Waals surface area (Å²) in [6, 6.07) is 10.3. The van der Waals surface area contributed by atoms with Crippen molar-refractivity contribution in [3.05, 3.63) is 59.7 Å². The maximum atomic E-state index is 10.2. The van der Waals surface area contributed by atoms with Gasteiger partial charge in [0.2, 0.25) is 0 Å². The molecule has 1 saturated carbocycles. The van der Waals surface area contributed by atoms with Gasteiger partial charge in [0.15, 0.2) is 0 Å². The Morgan fingerprint density at radius 2 is 1.94 bits per heavy atom. The molecule has 2 atom stereocenters. The minimum Gasteiger partial charge on any atom is -0.298 e. The highest BCUT2D eigenvalue weighted by atomic mass is 16.1. The number of aldehydes is 1. The van der Waals surface area contributed by atoms with Crippen molar-refractivity contribution in [3.63, 3.8) is 0 Å². The molecule has 0 saturated heterocycles. The Kier molecular flexibility index (Phi) is 3.35. The molecule has 0 radical (unpaired) electrons. The van der Waals surface area contributed by atoms with Crippen LogP contribution in [0.25, 0.3) is 0 Å². The third kappa shape index (κ3) is 2.93. The maximum absolute atomic E-state index is 10.2. The van der Waals surface area contributed by atoms with E-state index in [2.05, 4.69) is 31.2 Å². The van der Waals surface area contributed by atoms with Crippen LogP contribution in [-0.2, 0) is 4.79 Å². The molecular weight excluding hydrogens is 196 g/mol. The van der Waals surface area contributed by atoms with Crippen molar-refractivity contribution >= 4 is 6.29 Å². The first-order chi connectivity index (χ1) is 7.79. The molecule has 0 amide bonds. The van der Waals surface area contributed by atoms with Gasteiger partial charge in [0, 0.05) is 5.57 Å².